The molecule has 1 unspecified atom stereocenters. The molecule has 0 radical (unpaired) electrons. The molecule has 0 bridgehead atoms. The average molecular weight is 281 g/mol. The molecule has 19 heavy (non-hydrogen) atoms. The number of carbonyl (C=O) groups is 2. The normalized spacial score (nSPS) is 11.9. The lowest BCUT2D eigenvalue weighted by atomic mass is 10.2. The zero-order chi connectivity index (χ0) is 14.4. The van der Waals surface area contributed by atoms with Crippen LogP contribution in [0.5, 0.6) is 0 Å². The van der Waals surface area contributed by atoms with Crippen LogP contribution >= 0.6 is 11.8 Å². The van der Waals surface area contributed by atoms with Crippen molar-refractivity contribution in [2.24, 2.45) is 0 Å². The van der Waals surface area contributed by atoms with Crippen LogP contribution in [0.15, 0.2) is 23.1 Å². The molecule has 0 aliphatic heterocycles. The molecular formula is C14H19NO3S. The zero-order valence-corrected chi connectivity index (χ0v) is 12.2. The van der Waals surface area contributed by atoms with E-state index >= 15 is 0 Å². The second kappa shape index (κ2) is 7.19. The first-order valence-electron chi connectivity index (χ1n) is 6.09. The number of hydrogen-bond donors (Lipinski definition) is 2. The minimum atomic E-state index is -0.908. The van der Waals surface area contributed by atoms with Crippen LogP contribution in [0.3, 0.4) is 0 Å². The van der Waals surface area contributed by atoms with Gasteiger partial charge in [-0.25, -0.2) is 0 Å². The van der Waals surface area contributed by atoms with Crippen LogP contribution in [-0.4, -0.2) is 28.8 Å². The minimum absolute atomic E-state index is 0.0556. The lowest BCUT2D eigenvalue weighted by Crippen LogP contribution is -2.35. The van der Waals surface area contributed by atoms with Crippen molar-refractivity contribution >= 4 is 23.6 Å². The van der Waals surface area contributed by atoms with E-state index in [1.54, 1.807) is 6.92 Å². The van der Waals surface area contributed by atoms with Crippen molar-refractivity contribution in [3.63, 3.8) is 0 Å². The van der Waals surface area contributed by atoms with Gasteiger partial charge in [-0.1, -0.05) is 17.7 Å². The van der Waals surface area contributed by atoms with Crippen LogP contribution in [0.1, 0.15) is 24.5 Å². The third kappa shape index (κ3) is 5.79. The average Bonchev–Trinajstić information content (AvgIpc) is 2.26. The van der Waals surface area contributed by atoms with E-state index < -0.39 is 5.97 Å². The van der Waals surface area contributed by atoms with E-state index in [0.717, 1.165) is 10.5 Å². The van der Waals surface area contributed by atoms with E-state index in [9.17, 15) is 9.59 Å². The van der Waals surface area contributed by atoms with Gasteiger partial charge in [-0.3, -0.25) is 9.59 Å². The highest BCUT2D eigenvalue weighted by Crippen LogP contribution is 2.22. The summed E-state index contributed by atoms with van der Waals surface area (Å²) in [6, 6.07) is 5.75. The van der Waals surface area contributed by atoms with Gasteiger partial charge in [-0.2, -0.15) is 0 Å². The fourth-order valence-corrected chi connectivity index (χ4v) is 2.55. The standard InChI is InChI=1S/C14H19NO3S/c1-9-4-5-12(10(2)6-9)19-8-13(16)15-11(3)7-14(17)18/h4-6,11H,7-8H2,1-3H3,(H,15,16)(H,17,18). The summed E-state index contributed by atoms with van der Waals surface area (Å²) >= 11 is 1.47. The second-order valence-electron chi connectivity index (χ2n) is 4.62. The van der Waals surface area contributed by atoms with Gasteiger partial charge in [0, 0.05) is 10.9 Å². The molecule has 2 N–H and O–H groups in total. The first-order chi connectivity index (χ1) is 8.88. The van der Waals surface area contributed by atoms with Gasteiger partial charge in [-0.05, 0) is 32.4 Å². The minimum Gasteiger partial charge on any atom is -0.481 e. The molecule has 0 aliphatic rings. The molecule has 5 heteroatoms. The van der Waals surface area contributed by atoms with Gasteiger partial charge < -0.3 is 10.4 Å². The Kier molecular flexibility index (Phi) is 5.89. The number of amides is 1. The molecule has 0 aliphatic carbocycles. The summed E-state index contributed by atoms with van der Waals surface area (Å²) in [6.07, 6.45) is -0.0556. The number of rotatable bonds is 6. The van der Waals surface area contributed by atoms with Crippen molar-refractivity contribution in [1.29, 1.82) is 0 Å². The van der Waals surface area contributed by atoms with Crippen LogP contribution in [0.4, 0.5) is 0 Å². The first-order valence-corrected chi connectivity index (χ1v) is 7.08. The number of benzene rings is 1. The Bertz CT molecular complexity index is 474. The van der Waals surface area contributed by atoms with Gasteiger partial charge in [0.15, 0.2) is 0 Å². The molecule has 4 nitrogen and oxygen atoms in total. The summed E-state index contributed by atoms with van der Waals surface area (Å²) in [5.41, 5.74) is 2.35. The highest BCUT2D eigenvalue weighted by atomic mass is 32.2. The fourth-order valence-electron chi connectivity index (χ4n) is 1.73. The Morgan fingerprint density at radius 3 is 2.63 bits per heavy atom. The Morgan fingerprint density at radius 1 is 1.37 bits per heavy atom. The number of hydrogen-bond acceptors (Lipinski definition) is 3. The summed E-state index contributed by atoms with van der Waals surface area (Å²) in [4.78, 5) is 23.2. The van der Waals surface area contributed by atoms with Gasteiger partial charge >= 0.3 is 5.97 Å². The van der Waals surface area contributed by atoms with Crippen LogP contribution < -0.4 is 5.32 Å². The Balaban J connectivity index is 2.43. The van der Waals surface area contributed by atoms with E-state index in [1.165, 1.54) is 17.3 Å². The van der Waals surface area contributed by atoms with E-state index in [2.05, 4.69) is 11.4 Å². The molecule has 1 rings (SSSR count). The number of aliphatic carboxylic acids is 1. The van der Waals surface area contributed by atoms with E-state index in [1.807, 2.05) is 26.0 Å². The molecule has 0 aromatic heterocycles. The molecule has 104 valence electrons. The second-order valence-corrected chi connectivity index (χ2v) is 5.64. The third-order valence-electron chi connectivity index (χ3n) is 2.58. The fraction of sp³-hybridized carbons (Fsp3) is 0.429. The van der Waals surface area contributed by atoms with E-state index in [-0.39, 0.29) is 18.4 Å². The topological polar surface area (TPSA) is 66.4 Å². The van der Waals surface area contributed by atoms with E-state index in [4.69, 9.17) is 5.11 Å². The molecule has 0 heterocycles. The lowest BCUT2D eigenvalue weighted by molar-refractivity contribution is -0.137. The summed E-state index contributed by atoms with van der Waals surface area (Å²) in [5, 5.41) is 11.3. The predicted octanol–water partition coefficient (Wildman–Crippen LogP) is 2.37. The summed E-state index contributed by atoms with van der Waals surface area (Å²) in [6.45, 7) is 5.73. The molecule has 1 aromatic carbocycles. The van der Waals surface area contributed by atoms with Gasteiger partial charge in [0.2, 0.25) is 5.91 Å². The Morgan fingerprint density at radius 2 is 2.05 bits per heavy atom. The number of carboxylic acid groups (broad SMARTS) is 1. The molecule has 1 atom stereocenters. The summed E-state index contributed by atoms with van der Waals surface area (Å²) < 4.78 is 0. The highest BCUT2D eigenvalue weighted by Gasteiger charge is 2.11. The van der Waals surface area contributed by atoms with Crippen molar-refractivity contribution in [2.45, 2.75) is 38.1 Å². The van der Waals surface area contributed by atoms with Crippen LogP contribution in [0.25, 0.3) is 0 Å². The molecule has 0 saturated carbocycles. The van der Waals surface area contributed by atoms with Crippen molar-refractivity contribution in [3.05, 3.63) is 29.3 Å². The molecule has 1 amide bonds. The molecule has 0 spiro atoms. The van der Waals surface area contributed by atoms with Crippen LogP contribution in [0, 0.1) is 13.8 Å². The lowest BCUT2D eigenvalue weighted by Gasteiger charge is -2.12. The maximum Gasteiger partial charge on any atom is 0.305 e. The van der Waals surface area contributed by atoms with Crippen LogP contribution in [0.2, 0.25) is 0 Å². The highest BCUT2D eigenvalue weighted by molar-refractivity contribution is 8.00. The number of aryl methyl sites for hydroxylation is 2. The van der Waals surface area contributed by atoms with Gasteiger partial charge in [0.25, 0.3) is 0 Å². The van der Waals surface area contributed by atoms with Crippen molar-refractivity contribution in [3.8, 4) is 0 Å². The zero-order valence-electron chi connectivity index (χ0n) is 11.4. The number of carboxylic acids is 1. The Labute approximate surface area is 117 Å². The molecule has 0 saturated heterocycles. The quantitative estimate of drug-likeness (QED) is 0.786. The molecule has 1 aromatic rings. The predicted molar refractivity (Wildman–Crippen MR) is 76.5 cm³/mol. The van der Waals surface area contributed by atoms with Crippen molar-refractivity contribution in [2.75, 3.05) is 5.75 Å². The third-order valence-corrected chi connectivity index (χ3v) is 3.75. The van der Waals surface area contributed by atoms with Crippen molar-refractivity contribution in [1.82, 2.24) is 5.32 Å². The monoisotopic (exact) mass is 281 g/mol. The van der Waals surface area contributed by atoms with Gasteiger partial charge in [0.05, 0.1) is 12.2 Å². The maximum atomic E-state index is 11.7. The number of nitrogens with one attached hydrogen (secondary N) is 1. The van der Waals surface area contributed by atoms with Crippen LogP contribution in [-0.2, 0) is 9.59 Å². The number of carbonyl (C=O) groups excluding carboxylic acids is 1. The summed E-state index contributed by atoms with van der Waals surface area (Å²) in [7, 11) is 0. The first kappa shape index (κ1) is 15.6. The molecular weight excluding hydrogens is 262 g/mol. The maximum absolute atomic E-state index is 11.7. The van der Waals surface area contributed by atoms with Gasteiger partial charge in [0.1, 0.15) is 0 Å². The van der Waals surface area contributed by atoms with Crippen molar-refractivity contribution < 1.29 is 14.7 Å². The summed E-state index contributed by atoms with van der Waals surface area (Å²) in [5.74, 6) is -0.748. The Hall–Kier alpha value is -1.49. The SMILES string of the molecule is Cc1ccc(SCC(=O)NC(C)CC(=O)O)c(C)c1. The number of thioether (sulfide) groups is 1. The van der Waals surface area contributed by atoms with Gasteiger partial charge in [-0.15, -0.1) is 11.8 Å². The largest absolute Gasteiger partial charge is 0.481 e. The molecule has 0 fully saturated rings. The van der Waals surface area contributed by atoms with E-state index in [0.29, 0.717) is 5.75 Å². The smallest absolute Gasteiger partial charge is 0.305 e.